The topological polar surface area (TPSA) is 46.2 Å². The van der Waals surface area contributed by atoms with Crippen molar-refractivity contribution in [1.29, 1.82) is 0 Å². The molecule has 0 saturated heterocycles. The second kappa shape index (κ2) is 7.06. The molecule has 0 bridgehead atoms. The molecule has 0 aliphatic heterocycles. The van der Waals surface area contributed by atoms with Crippen molar-refractivity contribution in [2.75, 3.05) is 5.75 Å². The highest BCUT2D eigenvalue weighted by molar-refractivity contribution is 7.84. The van der Waals surface area contributed by atoms with Gasteiger partial charge in [-0.05, 0) is 30.5 Å². The van der Waals surface area contributed by atoms with Crippen LogP contribution in [0.15, 0.2) is 24.3 Å². The van der Waals surface area contributed by atoms with Crippen LogP contribution in [-0.2, 0) is 21.3 Å². The van der Waals surface area contributed by atoms with E-state index >= 15 is 0 Å². The Bertz CT molecular complexity index is 472. The summed E-state index contributed by atoms with van der Waals surface area (Å²) in [6.45, 7) is 0. The van der Waals surface area contributed by atoms with Crippen LogP contribution in [0.3, 0.4) is 0 Å². The first-order valence-corrected chi connectivity index (χ1v) is 8.39. The lowest BCUT2D eigenvalue weighted by atomic mass is 10.2. The van der Waals surface area contributed by atoms with E-state index in [0.717, 1.165) is 18.4 Å². The van der Waals surface area contributed by atoms with E-state index in [9.17, 15) is 9.00 Å². The molecule has 0 aromatic heterocycles. The average Bonchev–Trinajstić information content (AvgIpc) is 2.81. The summed E-state index contributed by atoms with van der Waals surface area (Å²) in [6, 6.07) is 7.55. The van der Waals surface area contributed by atoms with Gasteiger partial charge in [-0.1, -0.05) is 36.6 Å². The smallest absolute Gasteiger partial charge is 0.232 e. The Balaban J connectivity index is 1.78. The number of hydrogen-bond donors (Lipinski definition) is 1. The zero-order valence-corrected chi connectivity index (χ0v) is 12.3. The van der Waals surface area contributed by atoms with Gasteiger partial charge in [-0.25, -0.2) is 0 Å². The Hall–Kier alpha value is -0.870. The molecule has 1 aromatic rings. The number of amides is 1. The average molecular weight is 300 g/mol. The van der Waals surface area contributed by atoms with Gasteiger partial charge in [0.15, 0.2) is 0 Å². The molecule has 1 aliphatic rings. The first-order chi connectivity index (χ1) is 9.13. The number of carbonyl (C=O) groups is 1. The van der Waals surface area contributed by atoms with Crippen molar-refractivity contribution < 1.29 is 9.00 Å². The minimum atomic E-state index is -1.18. The normalized spacial score (nSPS) is 17.3. The molecule has 1 amide bonds. The summed E-state index contributed by atoms with van der Waals surface area (Å²) in [5.41, 5.74) is 0.902. The van der Waals surface area contributed by atoms with Gasteiger partial charge in [-0.2, -0.15) is 0 Å². The monoisotopic (exact) mass is 299 g/mol. The molecule has 1 atom stereocenters. The van der Waals surface area contributed by atoms with E-state index in [1.54, 1.807) is 12.1 Å². The Morgan fingerprint density at radius 1 is 1.37 bits per heavy atom. The second-order valence-corrected chi connectivity index (χ2v) is 6.80. The van der Waals surface area contributed by atoms with Crippen molar-refractivity contribution in [2.45, 2.75) is 37.5 Å². The van der Waals surface area contributed by atoms with Crippen molar-refractivity contribution in [1.82, 2.24) is 5.32 Å². The van der Waals surface area contributed by atoms with Crippen molar-refractivity contribution >= 4 is 28.3 Å². The summed E-state index contributed by atoms with van der Waals surface area (Å²) in [7, 11) is -1.18. The van der Waals surface area contributed by atoms with E-state index in [0.29, 0.717) is 10.8 Å². The number of nitrogens with one attached hydrogen (secondary N) is 1. The minimum absolute atomic E-state index is 0.0724. The lowest BCUT2D eigenvalue weighted by Gasteiger charge is -2.11. The highest BCUT2D eigenvalue weighted by atomic mass is 35.5. The van der Waals surface area contributed by atoms with E-state index < -0.39 is 10.8 Å². The van der Waals surface area contributed by atoms with Gasteiger partial charge in [0, 0.05) is 27.6 Å². The zero-order valence-electron chi connectivity index (χ0n) is 10.7. The quantitative estimate of drug-likeness (QED) is 0.908. The molecule has 1 aliphatic carbocycles. The van der Waals surface area contributed by atoms with Gasteiger partial charge in [0.2, 0.25) is 5.91 Å². The third-order valence-electron chi connectivity index (χ3n) is 3.23. The van der Waals surface area contributed by atoms with Crippen LogP contribution in [0.5, 0.6) is 0 Å². The lowest BCUT2D eigenvalue weighted by Crippen LogP contribution is -2.35. The van der Waals surface area contributed by atoms with E-state index in [2.05, 4.69) is 5.32 Å². The molecule has 1 N–H and O–H groups in total. The van der Waals surface area contributed by atoms with Crippen LogP contribution in [-0.4, -0.2) is 21.9 Å². The van der Waals surface area contributed by atoms with Gasteiger partial charge >= 0.3 is 0 Å². The van der Waals surface area contributed by atoms with Crippen LogP contribution in [0, 0.1) is 0 Å². The summed E-state index contributed by atoms with van der Waals surface area (Å²) >= 11 is 5.87. The standard InChI is InChI=1S/C14H18ClNO2S/c15-12-5-3-4-11(8-12)9-19(18)10-14(17)16-13-6-1-2-7-13/h3-5,8,13H,1-2,6-7,9-10H2,(H,16,17). The fourth-order valence-corrected chi connectivity index (χ4v) is 3.59. The van der Waals surface area contributed by atoms with Crippen molar-refractivity contribution in [3.63, 3.8) is 0 Å². The summed E-state index contributed by atoms with van der Waals surface area (Å²) < 4.78 is 11.9. The summed E-state index contributed by atoms with van der Waals surface area (Å²) in [4.78, 5) is 11.7. The van der Waals surface area contributed by atoms with E-state index in [1.807, 2.05) is 12.1 Å². The molecule has 3 nitrogen and oxygen atoms in total. The van der Waals surface area contributed by atoms with Gasteiger partial charge < -0.3 is 5.32 Å². The van der Waals surface area contributed by atoms with Crippen LogP contribution in [0.1, 0.15) is 31.2 Å². The molecule has 2 rings (SSSR count). The number of carbonyl (C=O) groups excluding carboxylic acids is 1. The van der Waals surface area contributed by atoms with Crippen molar-refractivity contribution in [3.05, 3.63) is 34.9 Å². The maximum absolute atomic E-state index is 11.9. The molecule has 1 saturated carbocycles. The number of rotatable bonds is 5. The third kappa shape index (κ3) is 4.96. The van der Waals surface area contributed by atoms with Gasteiger partial charge in [-0.15, -0.1) is 0 Å². The van der Waals surface area contributed by atoms with Crippen LogP contribution < -0.4 is 5.32 Å². The Labute approximate surface area is 121 Å². The van der Waals surface area contributed by atoms with Gasteiger partial charge in [0.25, 0.3) is 0 Å². The van der Waals surface area contributed by atoms with Crippen LogP contribution in [0.4, 0.5) is 0 Å². The molecule has 5 heteroatoms. The largest absolute Gasteiger partial charge is 0.353 e. The Morgan fingerprint density at radius 3 is 2.79 bits per heavy atom. The van der Waals surface area contributed by atoms with E-state index in [-0.39, 0.29) is 17.7 Å². The lowest BCUT2D eigenvalue weighted by molar-refractivity contribution is -0.119. The first-order valence-electron chi connectivity index (χ1n) is 6.52. The van der Waals surface area contributed by atoms with Crippen molar-refractivity contribution in [3.8, 4) is 0 Å². The molecule has 1 fully saturated rings. The molecular weight excluding hydrogens is 282 g/mol. The maximum atomic E-state index is 11.9. The Morgan fingerprint density at radius 2 is 2.11 bits per heavy atom. The zero-order chi connectivity index (χ0) is 13.7. The van der Waals surface area contributed by atoms with Crippen LogP contribution in [0.2, 0.25) is 5.02 Å². The van der Waals surface area contributed by atoms with Gasteiger partial charge in [0.1, 0.15) is 5.75 Å². The summed E-state index contributed by atoms with van der Waals surface area (Å²) in [6.07, 6.45) is 4.45. The fourth-order valence-electron chi connectivity index (χ4n) is 2.35. The van der Waals surface area contributed by atoms with E-state index in [4.69, 9.17) is 11.6 Å². The summed E-state index contributed by atoms with van der Waals surface area (Å²) in [5.74, 6) is 0.342. The van der Waals surface area contributed by atoms with Crippen LogP contribution >= 0.6 is 11.6 Å². The van der Waals surface area contributed by atoms with Gasteiger partial charge in [0.05, 0.1) is 0 Å². The fraction of sp³-hybridized carbons (Fsp3) is 0.500. The van der Waals surface area contributed by atoms with Crippen LogP contribution in [0.25, 0.3) is 0 Å². The second-order valence-electron chi connectivity index (χ2n) is 4.91. The minimum Gasteiger partial charge on any atom is -0.353 e. The highest BCUT2D eigenvalue weighted by Crippen LogP contribution is 2.17. The maximum Gasteiger partial charge on any atom is 0.232 e. The number of halogens is 1. The number of benzene rings is 1. The van der Waals surface area contributed by atoms with E-state index in [1.165, 1.54) is 12.8 Å². The highest BCUT2D eigenvalue weighted by Gasteiger charge is 2.18. The Kier molecular flexibility index (Phi) is 5.40. The van der Waals surface area contributed by atoms with Crippen molar-refractivity contribution in [2.24, 2.45) is 0 Å². The molecule has 0 spiro atoms. The first kappa shape index (κ1) is 14.5. The van der Waals surface area contributed by atoms with Gasteiger partial charge in [-0.3, -0.25) is 9.00 Å². The predicted molar refractivity (Wildman–Crippen MR) is 78.6 cm³/mol. The molecule has 104 valence electrons. The third-order valence-corrected chi connectivity index (χ3v) is 4.70. The molecular formula is C14H18ClNO2S. The molecule has 1 aromatic carbocycles. The molecule has 1 unspecified atom stereocenters. The predicted octanol–water partition coefficient (Wildman–Crippen LogP) is 2.65. The number of hydrogen-bond acceptors (Lipinski definition) is 2. The summed E-state index contributed by atoms with van der Waals surface area (Å²) in [5, 5.41) is 3.58. The molecule has 19 heavy (non-hydrogen) atoms. The molecule has 0 heterocycles. The SMILES string of the molecule is O=C(CS(=O)Cc1cccc(Cl)c1)NC1CCCC1. The molecule has 0 radical (unpaired) electrons.